The molecule has 0 aliphatic carbocycles. The number of nitrogens with zero attached hydrogens (tertiary/aromatic N) is 2. The maximum atomic E-state index is 12.3. The van der Waals surface area contributed by atoms with Crippen LogP contribution in [0, 0.1) is 0 Å². The third kappa shape index (κ3) is 2.51. The zero-order chi connectivity index (χ0) is 13.1. The Labute approximate surface area is 113 Å². The van der Waals surface area contributed by atoms with Gasteiger partial charge in [0.1, 0.15) is 11.7 Å². The normalized spacial score (nSPS) is 19.6. The van der Waals surface area contributed by atoms with Gasteiger partial charge in [-0.15, -0.1) is 0 Å². The van der Waals surface area contributed by atoms with Gasteiger partial charge in [0.2, 0.25) is 5.91 Å². The van der Waals surface area contributed by atoms with Gasteiger partial charge in [-0.05, 0) is 28.1 Å². The van der Waals surface area contributed by atoms with Crippen molar-refractivity contribution >= 4 is 27.7 Å². The molecule has 0 radical (unpaired) electrons. The van der Waals surface area contributed by atoms with Crippen LogP contribution >= 0.6 is 15.9 Å². The second kappa shape index (κ2) is 5.45. The Morgan fingerprint density at radius 1 is 1.56 bits per heavy atom. The average molecular weight is 313 g/mol. The Hall–Kier alpha value is -1.47. The first-order valence-electron chi connectivity index (χ1n) is 5.53. The predicted molar refractivity (Wildman–Crippen MR) is 68.8 cm³/mol. The van der Waals surface area contributed by atoms with Crippen LogP contribution in [0.1, 0.15) is 10.5 Å². The molecule has 96 valence electrons. The highest BCUT2D eigenvalue weighted by molar-refractivity contribution is 9.10. The van der Waals surface area contributed by atoms with E-state index in [0.29, 0.717) is 29.8 Å². The molecule has 1 atom stereocenters. The SMILES string of the molecule is NC(=O)C1CNCCN1C(=O)c1ncccc1Br. The van der Waals surface area contributed by atoms with E-state index in [9.17, 15) is 9.59 Å². The number of hydrogen-bond acceptors (Lipinski definition) is 4. The number of nitrogens with one attached hydrogen (secondary N) is 1. The van der Waals surface area contributed by atoms with Crippen molar-refractivity contribution in [2.75, 3.05) is 19.6 Å². The summed E-state index contributed by atoms with van der Waals surface area (Å²) in [6.45, 7) is 1.46. The highest BCUT2D eigenvalue weighted by Gasteiger charge is 2.32. The first-order valence-corrected chi connectivity index (χ1v) is 6.32. The molecule has 1 aromatic rings. The van der Waals surface area contributed by atoms with E-state index in [-0.39, 0.29) is 5.91 Å². The maximum Gasteiger partial charge on any atom is 0.274 e. The van der Waals surface area contributed by atoms with Crippen LogP contribution in [-0.4, -0.2) is 47.4 Å². The van der Waals surface area contributed by atoms with Crippen LogP contribution in [0.3, 0.4) is 0 Å². The van der Waals surface area contributed by atoms with Gasteiger partial charge in [0, 0.05) is 30.3 Å². The van der Waals surface area contributed by atoms with Gasteiger partial charge in [0.15, 0.2) is 0 Å². The number of amides is 2. The van der Waals surface area contributed by atoms with Gasteiger partial charge in [-0.1, -0.05) is 0 Å². The molecular weight excluding hydrogens is 300 g/mol. The molecule has 1 saturated heterocycles. The number of rotatable bonds is 2. The lowest BCUT2D eigenvalue weighted by molar-refractivity contribution is -0.122. The third-order valence-electron chi connectivity index (χ3n) is 2.79. The molecular formula is C11H13BrN4O2. The molecule has 6 nitrogen and oxygen atoms in total. The topological polar surface area (TPSA) is 88.3 Å². The van der Waals surface area contributed by atoms with Gasteiger partial charge in [-0.3, -0.25) is 9.59 Å². The van der Waals surface area contributed by atoms with E-state index in [1.807, 2.05) is 0 Å². The number of hydrogen-bond donors (Lipinski definition) is 2. The molecule has 0 saturated carbocycles. The highest BCUT2D eigenvalue weighted by atomic mass is 79.9. The Kier molecular flexibility index (Phi) is 3.93. The van der Waals surface area contributed by atoms with Crippen LogP contribution in [-0.2, 0) is 4.79 Å². The molecule has 2 amide bonds. The van der Waals surface area contributed by atoms with Crippen molar-refractivity contribution in [3.05, 3.63) is 28.5 Å². The zero-order valence-corrected chi connectivity index (χ0v) is 11.2. The molecule has 18 heavy (non-hydrogen) atoms. The molecule has 0 bridgehead atoms. The summed E-state index contributed by atoms with van der Waals surface area (Å²) in [5, 5.41) is 3.04. The first kappa shape index (κ1) is 13.0. The van der Waals surface area contributed by atoms with Crippen molar-refractivity contribution < 1.29 is 9.59 Å². The first-order chi connectivity index (χ1) is 8.61. The van der Waals surface area contributed by atoms with Crippen LogP contribution < -0.4 is 11.1 Å². The van der Waals surface area contributed by atoms with E-state index in [0.717, 1.165) is 0 Å². The molecule has 2 heterocycles. The molecule has 1 unspecified atom stereocenters. The van der Waals surface area contributed by atoms with Crippen molar-refractivity contribution in [3.8, 4) is 0 Å². The molecule has 3 N–H and O–H groups in total. The summed E-state index contributed by atoms with van der Waals surface area (Å²) in [7, 11) is 0. The molecule has 1 aliphatic heterocycles. The maximum absolute atomic E-state index is 12.3. The van der Waals surface area contributed by atoms with Gasteiger partial charge < -0.3 is 16.0 Å². The number of aromatic nitrogens is 1. The van der Waals surface area contributed by atoms with E-state index in [4.69, 9.17) is 5.73 Å². The number of carbonyl (C=O) groups is 2. The minimum atomic E-state index is -0.625. The Balaban J connectivity index is 2.27. The number of pyridine rings is 1. The van der Waals surface area contributed by atoms with Crippen LogP contribution in [0.25, 0.3) is 0 Å². The van der Waals surface area contributed by atoms with Gasteiger partial charge in [0.25, 0.3) is 5.91 Å². The third-order valence-corrected chi connectivity index (χ3v) is 3.43. The summed E-state index contributed by atoms with van der Waals surface area (Å²) < 4.78 is 0.608. The highest BCUT2D eigenvalue weighted by Crippen LogP contribution is 2.17. The quantitative estimate of drug-likeness (QED) is 0.788. The Morgan fingerprint density at radius 3 is 3.00 bits per heavy atom. The van der Waals surface area contributed by atoms with Gasteiger partial charge in [0.05, 0.1) is 0 Å². The minimum Gasteiger partial charge on any atom is -0.368 e. The second-order valence-electron chi connectivity index (χ2n) is 3.95. The summed E-state index contributed by atoms with van der Waals surface area (Å²) >= 11 is 3.28. The number of carbonyl (C=O) groups excluding carboxylic acids is 2. The summed E-state index contributed by atoms with van der Waals surface area (Å²) in [4.78, 5) is 29.2. The molecule has 1 fully saturated rings. The van der Waals surface area contributed by atoms with Crippen LogP contribution in [0.5, 0.6) is 0 Å². The summed E-state index contributed by atoms with van der Waals surface area (Å²) in [6, 6.07) is 2.84. The predicted octanol–water partition coefficient (Wildman–Crippen LogP) is -0.257. The Bertz CT molecular complexity index is 480. The van der Waals surface area contributed by atoms with Gasteiger partial charge in [-0.25, -0.2) is 4.98 Å². The fraction of sp³-hybridized carbons (Fsp3) is 0.364. The largest absolute Gasteiger partial charge is 0.368 e. The number of primary amides is 1. The number of halogens is 1. The van der Waals surface area contributed by atoms with Crippen molar-refractivity contribution in [2.24, 2.45) is 5.73 Å². The molecule has 0 spiro atoms. The molecule has 7 heteroatoms. The fourth-order valence-electron chi connectivity index (χ4n) is 1.88. The van der Waals surface area contributed by atoms with E-state index >= 15 is 0 Å². The van der Waals surface area contributed by atoms with Crippen LogP contribution in [0.2, 0.25) is 0 Å². The Morgan fingerprint density at radius 2 is 2.33 bits per heavy atom. The molecule has 1 aliphatic rings. The van der Waals surface area contributed by atoms with Crippen LogP contribution in [0.15, 0.2) is 22.8 Å². The van der Waals surface area contributed by atoms with Crippen molar-refractivity contribution in [1.29, 1.82) is 0 Å². The van der Waals surface area contributed by atoms with Crippen molar-refractivity contribution in [2.45, 2.75) is 6.04 Å². The summed E-state index contributed by atoms with van der Waals surface area (Å²) in [5.74, 6) is -0.796. The molecule has 2 rings (SSSR count). The average Bonchev–Trinajstić information content (AvgIpc) is 2.38. The van der Waals surface area contributed by atoms with Gasteiger partial charge in [-0.2, -0.15) is 0 Å². The van der Waals surface area contributed by atoms with E-state index < -0.39 is 11.9 Å². The lowest BCUT2D eigenvalue weighted by Gasteiger charge is -2.34. The number of piperazine rings is 1. The van der Waals surface area contributed by atoms with E-state index in [2.05, 4.69) is 26.2 Å². The lowest BCUT2D eigenvalue weighted by atomic mass is 10.1. The van der Waals surface area contributed by atoms with Crippen molar-refractivity contribution in [3.63, 3.8) is 0 Å². The lowest BCUT2D eigenvalue weighted by Crippen LogP contribution is -2.58. The van der Waals surface area contributed by atoms with E-state index in [1.165, 1.54) is 4.90 Å². The second-order valence-corrected chi connectivity index (χ2v) is 4.81. The smallest absolute Gasteiger partial charge is 0.274 e. The fourth-order valence-corrected chi connectivity index (χ4v) is 2.31. The van der Waals surface area contributed by atoms with E-state index in [1.54, 1.807) is 18.3 Å². The standard InChI is InChI=1S/C11H13BrN4O2/c12-7-2-1-3-15-9(7)11(18)16-5-4-14-6-8(16)10(13)17/h1-3,8,14H,4-6H2,(H2,13,17). The van der Waals surface area contributed by atoms with Gasteiger partial charge >= 0.3 is 0 Å². The summed E-state index contributed by atoms with van der Waals surface area (Å²) in [5.41, 5.74) is 5.60. The minimum absolute atomic E-state index is 0.284. The monoisotopic (exact) mass is 312 g/mol. The summed E-state index contributed by atoms with van der Waals surface area (Å²) in [6.07, 6.45) is 1.54. The van der Waals surface area contributed by atoms with Crippen LogP contribution in [0.4, 0.5) is 0 Å². The molecule has 1 aromatic heterocycles. The number of nitrogens with two attached hydrogens (primary N) is 1. The van der Waals surface area contributed by atoms with Crippen molar-refractivity contribution in [1.82, 2.24) is 15.2 Å². The molecule has 0 aromatic carbocycles. The zero-order valence-electron chi connectivity index (χ0n) is 9.60.